The highest BCUT2D eigenvalue weighted by atomic mass is 79.9. The number of halogens is 1. The molecule has 6 rings (SSSR count). The third kappa shape index (κ3) is 5.77. The zero-order valence-corrected chi connectivity index (χ0v) is 26.2. The predicted octanol–water partition coefficient (Wildman–Crippen LogP) is 5.53. The summed E-state index contributed by atoms with van der Waals surface area (Å²) in [4.78, 5) is 21.5. The number of rotatable bonds is 10. The van der Waals surface area contributed by atoms with Gasteiger partial charge in [-0.1, -0.05) is 70.5 Å². The molecule has 0 unspecified atom stereocenters. The highest BCUT2D eigenvalue weighted by Crippen LogP contribution is 2.49. The van der Waals surface area contributed by atoms with Crippen molar-refractivity contribution in [3.05, 3.63) is 124 Å². The number of amides is 1. The number of anilines is 1. The Bertz CT molecular complexity index is 1800. The Morgan fingerprint density at radius 2 is 1.66 bits per heavy atom. The summed E-state index contributed by atoms with van der Waals surface area (Å²) in [6.07, 6.45) is 0.0325. The van der Waals surface area contributed by atoms with Crippen LogP contribution in [0.15, 0.2) is 117 Å². The van der Waals surface area contributed by atoms with Gasteiger partial charge in [0.05, 0.1) is 17.3 Å². The number of benzene rings is 4. The highest BCUT2D eigenvalue weighted by Gasteiger charge is 2.57. The van der Waals surface area contributed by atoms with Gasteiger partial charge in [-0.15, -0.1) is 0 Å². The van der Waals surface area contributed by atoms with E-state index in [1.807, 2.05) is 60.7 Å². The second kappa shape index (κ2) is 12.6. The van der Waals surface area contributed by atoms with Gasteiger partial charge < -0.3 is 19.5 Å². The second-order valence-electron chi connectivity index (χ2n) is 10.7. The van der Waals surface area contributed by atoms with Crippen molar-refractivity contribution in [2.75, 3.05) is 30.4 Å². The molecule has 10 heteroatoms. The standard InChI is InChI=1S/C34H31BrN2O6S/c35-29-13-6-5-12-28(29)31-34(36-32(43-31)24-15-17-26(18-16-24)42-21-8-20-38)23-25-9-4-7-14-30(25)37(33(34)39)19-22-44(40,41)27-10-2-1-3-11-27/h1-7,9-18,31,38H,8,19-23H2/t31-,34-/m1/s1. The van der Waals surface area contributed by atoms with Crippen molar-refractivity contribution in [1.82, 2.24) is 0 Å². The number of fused-ring (bicyclic) bond motifs is 1. The van der Waals surface area contributed by atoms with Crippen LogP contribution in [0, 0.1) is 0 Å². The van der Waals surface area contributed by atoms with E-state index in [0.29, 0.717) is 35.9 Å². The average molecular weight is 676 g/mol. The van der Waals surface area contributed by atoms with E-state index in [2.05, 4.69) is 15.9 Å². The Morgan fingerprint density at radius 1 is 0.955 bits per heavy atom. The molecule has 8 nitrogen and oxygen atoms in total. The normalized spacial score (nSPS) is 19.4. The summed E-state index contributed by atoms with van der Waals surface area (Å²) in [7, 11) is -3.65. The summed E-state index contributed by atoms with van der Waals surface area (Å²) < 4.78 is 39.6. The number of aliphatic imine (C=N–C) groups is 1. The van der Waals surface area contributed by atoms with Crippen molar-refractivity contribution in [3.63, 3.8) is 0 Å². The first kappa shape index (κ1) is 30.1. The molecule has 4 aromatic rings. The fourth-order valence-electron chi connectivity index (χ4n) is 5.67. The van der Waals surface area contributed by atoms with E-state index >= 15 is 0 Å². The summed E-state index contributed by atoms with van der Waals surface area (Å²) in [6, 6.07) is 30.7. The quantitative estimate of drug-likeness (QED) is 0.222. The van der Waals surface area contributed by atoms with Crippen LogP contribution in [0.5, 0.6) is 5.75 Å². The van der Waals surface area contributed by atoms with E-state index in [1.165, 1.54) is 0 Å². The number of aliphatic hydroxyl groups excluding tert-OH is 1. The van der Waals surface area contributed by atoms with Crippen LogP contribution in [-0.4, -0.2) is 56.4 Å². The molecule has 226 valence electrons. The van der Waals surface area contributed by atoms with Gasteiger partial charge in [-0.3, -0.25) is 4.79 Å². The first-order valence-corrected chi connectivity index (χ1v) is 16.8. The van der Waals surface area contributed by atoms with Crippen LogP contribution in [0.2, 0.25) is 0 Å². The number of sulfone groups is 1. The molecule has 0 saturated carbocycles. The Hall–Kier alpha value is -3.99. The van der Waals surface area contributed by atoms with E-state index < -0.39 is 21.5 Å². The number of hydrogen-bond acceptors (Lipinski definition) is 7. The molecule has 1 amide bonds. The monoisotopic (exact) mass is 674 g/mol. The Labute approximate surface area is 265 Å². The smallest absolute Gasteiger partial charge is 0.259 e. The Balaban J connectivity index is 1.40. The summed E-state index contributed by atoms with van der Waals surface area (Å²) in [6.45, 7) is 0.403. The summed E-state index contributed by atoms with van der Waals surface area (Å²) in [5.41, 5.74) is 1.62. The van der Waals surface area contributed by atoms with E-state index in [4.69, 9.17) is 19.6 Å². The fourth-order valence-corrected chi connectivity index (χ4v) is 7.39. The minimum Gasteiger partial charge on any atom is -0.494 e. The molecular formula is C34H31BrN2O6S. The summed E-state index contributed by atoms with van der Waals surface area (Å²) in [5.74, 6) is 0.393. The minimum atomic E-state index is -3.65. The van der Waals surface area contributed by atoms with Crippen molar-refractivity contribution in [1.29, 1.82) is 0 Å². The van der Waals surface area contributed by atoms with Gasteiger partial charge in [0.25, 0.3) is 5.91 Å². The lowest BCUT2D eigenvalue weighted by Gasteiger charge is -2.41. The maximum atomic E-state index is 14.7. The van der Waals surface area contributed by atoms with Gasteiger partial charge >= 0.3 is 0 Å². The van der Waals surface area contributed by atoms with Crippen LogP contribution in [0.4, 0.5) is 5.69 Å². The van der Waals surface area contributed by atoms with Gasteiger partial charge in [0, 0.05) is 47.3 Å². The number of nitrogens with zero attached hydrogens (tertiary/aromatic N) is 2. The minimum absolute atomic E-state index is 0.0395. The van der Waals surface area contributed by atoms with Gasteiger partial charge in [-0.05, 0) is 54.1 Å². The molecular weight excluding hydrogens is 644 g/mol. The van der Waals surface area contributed by atoms with Gasteiger partial charge in [0.15, 0.2) is 21.5 Å². The molecule has 0 bridgehead atoms. The molecule has 44 heavy (non-hydrogen) atoms. The van der Waals surface area contributed by atoms with Gasteiger partial charge in [-0.25, -0.2) is 13.4 Å². The van der Waals surface area contributed by atoms with Crippen molar-refractivity contribution in [3.8, 4) is 5.75 Å². The molecule has 0 aromatic heterocycles. The maximum Gasteiger partial charge on any atom is 0.259 e. The number of carbonyl (C=O) groups excluding carboxylic acids is 1. The second-order valence-corrected chi connectivity index (χ2v) is 13.7. The molecule has 4 aromatic carbocycles. The van der Waals surface area contributed by atoms with Crippen LogP contribution in [0.1, 0.15) is 29.2 Å². The van der Waals surface area contributed by atoms with Crippen LogP contribution >= 0.6 is 15.9 Å². The predicted molar refractivity (Wildman–Crippen MR) is 172 cm³/mol. The van der Waals surface area contributed by atoms with Crippen LogP contribution in [0.3, 0.4) is 0 Å². The zero-order valence-electron chi connectivity index (χ0n) is 23.8. The number of aliphatic hydroxyl groups is 1. The zero-order chi connectivity index (χ0) is 30.7. The molecule has 2 aliphatic heterocycles. The van der Waals surface area contributed by atoms with Crippen molar-refractivity contribution >= 4 is 43.3 Å². The molecule has 1 N–H and O–H groups in total. The van der Waals surface area contributed by atoms with Gasteiger partial charge in [0.2, 0.25) is 5.90 Å². The molecule has 1 spiro atoms. The van der Waals surface area contributed by atoms with Crippen LogP contribution in [0.25, 0.3) is 0 Å². The van der Waals surface area contributed by atoms with Crippen molar-refractivity contribution < 1.29 is 27.8 Å². The van der Waals surface area contributed by atoms with Crippen molar-refractivity contribution in [2.45, 2.75) is 29.4 Å². The number of hydrogen-bond donors (Lipinski definition) is 1. The molecule has 2 atom stereocenters. The lowest BCUT2D eigenvalue weighted by Crippen LogP contribution is -2.56. The third-order valence-corrected chi connectivity index (χ3v) is 10.3. The van der Waals surface area contributed by atoms with Crippen LogP contribution < -0.4 is 9.64 Å². The van der Waals surface area contributed by atoms with E-state index in [0.717, 1.165) is 15.6 Å². The third-order valence-electron chi connectivity index (χ3n) is 7.87. The topological polar surface area (TPSA) is 106 Å². The van der Waals surface area contributed by atoms with E-state index in [1.54, 1.807) is 47.4 Å². The van der Waals surface area contributed by atoms with Gasteiger partial charge in [0.1, 0.15) is 5.75 Å². The van der Waals surface area contributed by atoms with Crippen LogP contribution in [-0.2, 0) is 25.8 Å². The lowest BCUT2D eigenvalue weighted by atomic mass is 9.78. The lowest BCUT2D eigenvalue weighted by molar-refractivity contribution is -0.126. The average Bonchev–Trinajstić information content (AvgIpc) is 3.42. The number of para-hydroxylation sites is 1. The van der Waals surface area contributed by atoms with Gasteiger partial charge in [-0.2, -0.15) is 0 Å². The van der Waals surface area contributed by atoms with E-state index in [9.17, 15) is 13.2 Å². The molecule has 2 heterocycles. The molecule has 0 fully saturated rings. The highest BCUT2D eigenvalue weighted by molar-refractivity contribution is 9.10. The first-order chi connectivity index (χ1) is 21.3. The molecule has 2 aliphatic rings. The number of carbonyl (C=O) groups is 1. The largest absolute Gasteiger partial charge is 0.494 e. The van der Waals surface area contributed by atoms with E-state index in [-0.39, 0.29) is 36.1 Å². The molecule has 0 radical (unpaired) electrons. The maximum absolute atomic E-state index is 14.7. The fraction of sp³-hybridized carbons (Fsp3) is 0.235. The summed E-state index contributed by atoms with van der Waals surface area (Å²) in [5, 5.41) is 9.04. The molecule has 0 aliphatic carbocycles. The Morgan fingerprint density at radius 3 is 2.41 bits per heavy atom. The number of ether oxygens (including phenoxy) is 2. The first-order valence-electron chi connectivity index (χ1n) is 14.3. The Kier molecular flexibility index (Phi) is 8.57. The van der Waals surface area contributed by atoms with Crippen molar-refractivity contribution in [2.24, 2.45) is 4.99 Å². The SMILES string of the molecule is O=C1N(CCS(=O)(=O)c2ccccc2)c2ccccc2C[C@]12N=C(c1ccc(OCCCO)cc1)O[C@@H]2c1ccccc1Br. The summed E-state index contributed by atoms with van der Waals surface area (Å²) >= 11 is 3.65. The molecule has 0 saturated heterocycles.